The highest BCUT2D eigenvalue weighted by Crippen LogP contribution is 2.19. The number of aromatic nitrogens is 1. The maximum Gasteiger partial charge on any atom is 0.328 e. The third-order valence-electron chi connectivity index (χ3n) is 7.54. The standard InChI is InChI=1S/C32H41N7O9/c1-16(2)27(31(46)38-25(15-40)32(47)48)39-30(45)23(11-17-7-9-19(41)10-8-17)37-29(44)24(13-26(34)42)36-28(43)21(33)12-18-14-35-22-6-4-3-5-20(18)22/h3-10,14,16,21,23-25,27,35,40-41H,11-13,15,33H2,1-2H3,(H2,34,42)(H,36,43)(H,37,44)(H,38,46)(H,39,45)(H,47,48)/t21-,23-,24-,25-,27-/m0/s1. The average molecular weight is 668 g/mol. The first-order valence-corrected chi connectivity index (χ1v) is 15.1. The van der Waals surface area contributed by atoms with Crippen molar-refractivity contribution in [2.24, 2.45) is 17.4 Å². The molecule has 1 heterocycles. The summed E-state index contributed by atoms with van der Waals surface area (Å²) >= 11 is 0. The molecule has 0 bridgehead atoms. The smallest absolute Gasteiger partial charge is 0.328 e. The van der Waals surface area contributed by atoms with Gasteiger partial charge in [-0.2, -0.15) is 0 Å². The molecule has 0 aliphatic rings. The number of aromatic hydroxyl groups is 1. The Hall–Kier alpha value is -5.48. The molecule has 0 aliphatic heterocycles. The largest absolute Gasteiger partial charge is 0.508 e. The van der Waals surface area contributed by atoms with Crippen molar-refractivity contribution in [1.82, 2.24) is 26.3 Å². The fourth-order valence-electron chi connectivity index (χ4n) is 4.90. The Morgan fingerprint density at radius 2 is 1.40 bits per heavy atom. The second-order valence-corrected chi connectivity index (χ2v) is 11.6. The number of H-pyrrole nitrogens is 1. The van der Waals surface area contributed by atoms with Crippen LogP contribution in [0.25, 0.3) is 10.9 Å². The molecule has 16 nitrogen and oxygen atoms in total. The maximum absolute atomic E-state index is 13.6. The molecule has 16 heteroatoms. The summed E-state index contributed by atoms with van der Waals surface area (Å²) in [6, 6.07) is 6.19. The zero-order valence-corrected chi connectivity index (χ0v) is 26.4. The molecule has 0 radical (unpaired) electrons. The SMILES string of the molecule is CC(C)[C@H](NC(=O)[C@H](Cc1ccc(O)cc1)NC(=O)[C@H](CC(N)=O)NC(=O)[C@@H](N)Cc1c[nH]c2ccccc12)C(=O)N[C@@H](CO)C(=O)O. The number of nitrogens with two attached hydrogens (primary N) is 2. The van der Waals surface area contributed by atoms with E-state index >= 15 is 0 Å². The van der Waals surface area contributed by atoms with Crippen LogP contribution in [0.15, 0.2) is 54.7 Å². The summed E-state index contributed by atoms with van der Waals surface area (Å²) in [6.07, 6.45) is 1.04. The highest BCUT2D eigenvalue weighted by Gasteiger charge is 2.33. The lowest BCUT2D eigenvalue weighted by Crippen LogP contribution is -2.60. The van der Waals surface area contributed by atoms with E-state index in [1.807, 2.05) is 24.3 Å². The number of aliphatic hydroxyl groups is 1. The van der Waals surface area contributed by atoms with Gasteiger partial charge in [-0.3, -0.25) is 24.0 Å². The number of aliphatic hydroxyl groups excluding tert-OH is 1. The minimum Gasteiger partial charge on any atom is -0.508 e. The molecule has 3 aromatic rings. The summed E-state index contributed by atoms with van der Waals surface area (Å²) in [5.41, 5.74) is 13.6. The van der Waals surface area contributed by atoms with Crippen LogP contribution < -0.4 is 32.7 Å². The van der Waals surface area contributed by atoms with E-state index in [0.29, 0.717) is 5.56 Å². The van der Waals surface area contributed by atoms with Crippen molar-refractivity contribution in [1.29, 1.82) is 0 Å². The van der Waals surface area contributed by atoms with Gasteiger partial charge in [-0.25, -0.2) is 4.79 Å². The van der Waals surface area contributed by atoms with Crippen molar-refractivity contribution >= 4 is 46.4 Å². The number of carboxylic acids is 1. The fraction of sp³-hybridized carbons (Fsp3) is 0.375. The number of carbonyl (C=O) groups excluding carboxylic acids is 5. The lowest BCUT2D eigenvalue weighted by atomic mass is 10.00. The fourth-order valence-corrected chi connectivity index (χ4v) is 4.90. The van der Waals surface area contributed by atoms with Gasteiger partial charge in [0.15, 0.2) is 0 Å². The highest BCUT2D eigenvalue weighted by molar-refractivity contribution is 5.97. The van der Waals surface area contributed by atoms with Crippen LogP contribution >= 0.6 is 0 Å². The number of primary amides is 1. The number of para-hydroxylation sites is 1. The lowest BCUT2D eigenvalue weighted by Gasteiger charge is -2.27. The number of rotatable bonds is 17. The van der Waals surface area contributed by atoms with Crippen LogP contribution in [0.5, 0.6) is 5.75 Å². The van der Waals surface area contributed by atoms with Crippen molar-refractivity contribution in [3.8, 4) is 5.75 Å². The van der Waals surface area contributed by atoms with Crippen LogP contribution in [0.4, 0.5) is 0 Å². The van der Waals surface area contributed by atoms with Gasteiger partial charge in [-0.1, -0.05) is 44.2 Å². The van der Waals surface area contributed by atoms with Gasteiger partial charge in [0.25, 0.3) is 0 Å². The van der Waals surface area contributed by atoms with Crippen LogP contribution in [-0.2, 0) is 41.6 Å². The van der Waals surface area contributed by atoms with Gasteiger partial charge in [0, 0.05) is 23.5 Å². The van der Waals surface area contributed by atoms with Crippen molar-refractivity contribution in [3.63, 3.8) is 0 Å². The van der Waals surface area contributed by atoms with Crippen molar-refractivity contribution in [2.75, 3.05) is 6.61 Å². The number of hydrogen-bond donors (Lipinski definition) is 10. The minimum absolute atomic E-state index is 0.0505. The van der Waals surface area contributed by atoms with Crippen LogP contribution in [0.1, 0.15) is 31.4 Å². The van der Waals surface area contributed by atoms with Gasteiger partial charge >= 0.3 is 5.97 Å². The van der Waals surface area contributed by atoms with E-state index in [1.54, 1.807) is 20.0 Å². The summed E-state index contributed by atoms with van der Waals surface area (Å²) < 4.78 is 0. The van der Waals surface area contributed by atoms with E-state index in [2.05, 4.69) is 26.3 Å². The number of benzene rings is 2. The molecule has 3 rings (SSSR count). The molecule has 5 amide bonds. The van der Waals surface area contributed by atoms with Crippen LogP contribution in [-0.4, -0.2) is 92.6 Å². The summed E-state index contributed by atoms with van der Waals surface area (Å²) in [5.74, 6) is -6.47. The van der Waals surface area contributed by atoms with Crippen molar-refractivity contribution in [3.05, 3.63) is 65.9 Å². The van der Waals surface area contributed by atoms with Gasteiger partial charge in [0.2, 0.25) is 29.5 Å². The first kappa shape index (κ1) is 37.0. The number of phenolic OH excluding ortho intramolecular Hbond substituents is 1. The van der Waals surface area contributed by atoms with E-state index in [-0.39, 0.29) is 18.6 Å². The molecule has 0 fully saturated rings. The number of carboxylic acid groups (broad SMARTS) is 1. The van der Waals surface area contributed by atoms with Crippen LogP contribution in [0.2, 0.25) is 0 Å². The minimum atomic E-state index is -1.62. The molecule has 48 heavy (non-hydrogen) atoms. The third-order valence-corrected chi connectivity index (χ3v) is 7.54. The predicted molar refractivity (Wildman–Crippen MR) is 173 cm³/mol. The molecule has 0 aliphatic carbocycles. The predicted octanol–water partition coefficient (Wildman–Crippen LogP) is -1.47. The van der Waals surface area contributed by atoms with E-state index < -0.39 is 84.7 Å². The Kier molecular flexibility index (Phi) is 13.0. The molecule has 5 atom stereocenters. The molecule has 0 saturated heterocycles. The van der Waals surface area contributed by atoms with Gasteiger partial charge in [-0.15, -0.1) is 0 Å². The molecular weight excluding hydrogens is 626 g/mol. The second-order valence-electron chi connectivity index (χ2n) is 11.6. The number of aromatic amines is 1. The number of nitrogens with one attached hydrogen (secondary N) is 5. The summed E-state index contributed by atoms with van der Waals surface area (Å²) in [7, 11) is 0. The average Bonchev–Trinajstić information content (AvgIpc) is 3.44. The number of aliphatic carboxylic acids is 1. The van der Waals surface area contributed by atoms with Gasteiger partial charge in [0.05, 0.1) is 19.1 Å². The maximum atomic E-state index is 13.6. The molecule has 0 spiro atoms. The lowest BCUT2D eigenvalue weighted by molar-refractivity contribution is -0.143. The van der Waals surface area contributed by atoms with Crippen molar-refractivity contribution in [2.45, 2.75) is 63.3 Å². The Balaban J connectivity index is 1.81. The number of amides is 5. The van der Waals surface area contributed by atoms with Crippen molar-refractivity contribution < 1.29 is 44.1 Å². The molecular formula is C32H41N7O9. The Morgan fingerprint density at radius 1 is 0.792 bits per heavy atom. The molecule has 0 saturated carbocycles. The molecule has 12 N–H and O–H groups in total. The first-order chi connectivity index (χ1) is 22.7. The highest BCUT2D eigenvalue weighted by atomic mass is 16.4. The molecule has 258 valence electrons. The van der Waals surface area contributed by atoms with Crippen LogP contribution in [0.3, 0.4) is 0 Å². The Labute approximate surface area is 275 Å². The third kappa shape index (κ3) is 10.3. The summed E-state index contributed by atoms with van der Waals surface area (Å²) in [4.78, 5) is 79.5. The summed E-state index contributed by atoms with van der Waals surface area (Å²) in [6.45, 7) is 2.28. The second kappa shape index (κ2) is 16.9. The number of carbonyl (C=O) groups is 6. The van der Waals surface area contributed by atoms with E-state index in [1.165, 1.54) is 24.3 Å². The number of phenols is 1. The van der Waals surface area contributed by atoms with Gasteiger partial charge < -0.3 is 53.0 Å². The topological polar surface area (TPSA) is 279 Å². The molecule has 0 unspecified atom stereocenters. The van der Waals surface area contributed by atoms with E-state index in [4.69, 9.17) is 11.5 Å². The first-order valence-electron chi connectivity index (χ1n) is 15.1. The normalized spacial score (nSPS) is 14.3. The van der Waals surface area contributed by atoms with Crippen LogP contribution in [0, 0.1) is 5.92 Å². The zero-order valence-electron chi connectivity index (χ0n) is 26.4. The van der Waals surface area contributed by atoms with E-state index in [0.717, 1.165) is 16.5 Å². The monoisotopic (exact) mass is 667 g/mol. The van der Waals surface area contributed by atoms with E-state index in [9.17, 15) is 44.1 Å². The quantitative estimate of drug-likeness (QED) is 0.0798. The van der Waals surface area contributed by atoms with Gasteiger partial charge in [-0.05, 0) is 41.7 Å². The molecule has 2 aromatic carbocycles. The zero-order chi connectivity index (χ0) is 35.5. The van der Waals surface area contributed by atoms with Gasteiger partial charge in [0.1, 0.15) is 29.9 Å². The number of hydrogen-bond acceptors (Lipinski definition) is 9. The Bertz CT molecular complexity index is 1620. The summed E-state index contributed by atoms with van der Waals surface area (Å²) in [5, 5.41) is 38.7. The number of fused-ring (bicyclic) bond motifs is 1. The Morgan fingerprint density at radius 3 is 2.00 bits per heavy atom. The molecule has 1 aromatic heterocycles.